The van der Waals surface area contributed by atoms with Gasteiger partial charge in [0.25, 0.3) is 0 Å². The first-order valence-corrected chi connectivity index (χ1v) is 30.3. The quantitative estimate of drug-likeness (QED) is 0.0261. The van der Waals surface area contributed by atoms with E-state index in [9.17, 15) is 30.3 Å². The van der Waals surface area contributed by atoms with E-state index < -0.39 is 49.5 Å². The van der Waals surface area contributed by atoms with E-state index in [0.29, 0.717) is 12.8 Å². The number of carbonyl (C=O) groups excluding carboxylic acids is 1. The molecule has 1 aliphatic rings. The van der Waals surface area contributed by atoms with Crippen LogP contribution in [0.2, 0.25) is 0 Å². The monoisotopic (exact) mass is 1000 g/mol. The maximum absolute atomic E-state index is 13.1. The van der Waals surface area contributed by atoms with Gasteiger partial charge in [0.2, 0.25) is 5.91 Å². The van der Waals surface area contributed by atoms with Crippen molar-refractivity contribution >= 4 is 5.91 Å². The number of hydrogen-bond donors (Lipinski definition) is 6. The zero-order chi connectivity index (χ0) is 51.5. The van der Waals surface area contributed by atoms with E-state index in [1.807, 2.05) is 0 Å². The van der Waals surface area contributed by atoms with Crippen molar-refractivity contribution in [3.05, 3.63) is 48.6 Å². The Labute approximate surface area is 437 Å². The molecule has 0 radical (unpaired) electrons. The molecule has 9 nitrogen and oxygen atoms in total. The number of rotatable bonds is 52. The van der Waals surface area contributed by atoms with Gasteiger partial charge in [-0.3, -0.25) is 4.79 Å². The molecule has 71 heavy (non-hydrogen) atoms. The molecule has 0 spiro atoms. The number of aliphatic hydroxyl groups excluding tert-OH is 5. The van der Waals surface area contributed by atoms with Crippen molar-refractivity contribution in [1.29, 1.82) is 0 Å². The van der Waals surface area contributed by atoms with Crippen molar-refractivity contribution in [2.75, 3.05) is 13.2 Å². The van der Waals surface area contributed by atoms with Gasteiger partial charge in [0.1, 0.15) is 24.4 Å². The van der Waals surface area contributed by atoms with Gasteiger partial charge in [-0.05, 0) is 51.4 Å². The molecule has 0 saturated carbocycles. The van der Waals surface area contributed by atoms with Gasteiger partial charge in [-0.2, -0.15) is 0 Å². The fraction of sp³-hybridized carbons (Fsp3) is 0.855. The van der Waals surface area contributed by atoms with Gasteiger partial charge >= 0.3 is 0 Å². The average Bonchev–Trinajstić information content (AvgIpc) is 3.37. The molecule has 0 aromatic heterocycles. The first kappa shape index (κ1) is 67.2. The SMILES string of the molecule is CC/C=C\C/C=C\C/C=C\C/C=C\CCCCCCCCCCCCCCCCCCCCC(=O)NC(COC1OC(CO)C(O)C(O)C1O)C(O)CCCCCCCCCCCCCCCCCCC. The second kappa shape index (κ2) is 51.6. The van der Waals surface area contributed by atoms with E-state index in [1.165, 1.54) is 193 Å². The Morgan fingerprint density at radius 2 is 0.873 bits per heavy atom. The fourth-order valence-corrected chi connectivity index (χ4v) is 9.68. The zero-order valence-corrected chi connectivity index (χ0v) is 46.2. The van der Waals surface area contributed by atoms with Gasteiger partial charge in [0.05, 0.1) is 25.4 Å². The van der Waals surface area contributed by atoms with E-state index in [0.717, 1.165) is 64.2 Å². The summed E-state index contributed by atoms with van der Waals surface area (Å²) in [5, 5.41) is 54.7. The first-order chi connectivity index (χ1) is 34.8. The van der Waals surface area contributed by atoms with Crippen LogP contribution in [-0.2, 0) is 14.3 Å². The fourth-order valence-electron chi connectivity index (χ4n) is 9.68. The number of aliphatic hydroxyl groups is 5. The first-order valence-electron chi connectivity index (χ1n) is 30.3. The minimum absolute atomic E-state index is 0.135. The number of unbranched alkanes of at least 4 members (excludes halogenated alkanes) is 34. The molecule has 7 atom stereocenters. The third-order valence-electron chi connectivity index (χ3n) is 14.4. The highest BCUT2D eigenvalue weighted by molar-refractivity contribution is 5.76. The van der Waals surface area contributed by atoms with Gasteiger partial charge in [-0.15, -0.1) is 0 Å². The van der Waals surface area contributed by atoms with Crippen molar-refractivity contribution in [3.63, 3.8) is 0 Å². The highest BCUT2D eigenvalue weighted by Crippen LogP contribution is 2.23. The summed E-state index contributed by atoms with van der Waals surface area (Å²) in [6, 6.07) is -0.719. The van der Waals surface area contributed by atoms with Crippen LogP contribution in [0, 0.1) is 0 Å². The summed E-state index contributed by atoms with van der Waals surface area (Å²) in [6.07, 6.45) is 61.5. The minimum atomic E-state index is -1.55. The van der Waals surface area contributed by atoms with Crippen molar-refractivity contribution < 1.29 is 39.8 Å². The van der Waals surface area contributed by atoms with Gasteiger partial charge < -0.3 is 40.3 Å². The van der Waals surface area contributed by atoms with Crippen LogP contribution in [0.15, 0.2) is 48.6 Å². The van der Waals surface area contributed by atoms with E-state index in [2.05, 4.69) is 67.8 Å². The largest absolute Gasteiger partial charge is 0.394 e. The molecule has 1 saturated heterocycles. The molecule has 416 valence electrons. The minimum Gasteiger partial charge on any atom is -0.394 e. The summed E-state index contributed by atoms with van der Waals surface area (Å²) in [4.78, 5) is 13.1. The molecule has 0 aliphatic carbocycles. The molecular formula is C62H115NO8. The number of carbonyl (C=O) groups is 1. The lowest BCUT2D eigenvalue weighted by Gasteiger charge is -2.40. The summed E-state index contributed by atoms with van der Waals surface area (Å²) < 4.78 is 11.3. The molecule has 6 N–H and O–H groups in total. The molecule has 0 aromatic rings. The predicted octanol–water partition coefficient (Wildman–Crippen LogP) is 15.3. The van der Waals surface area contributed by atoms with Crippen LogP contribution in [-0.4, -0.2) is 87.5 Å². The molecule has 1 aliphatic heterocycles. The van der Waals surface area contributed by atoms with Gasteiger partial charge in [-0.25, -0.2) is 0 Å². The lowest BCUT2D eigenvalue weighted by Crippen LogP contribution is -2.60. The Bertz CT molecular complexity index is 1250. The molecule has 1 heterocycles. The third-order valence-corrected chi connectivity index (χ3v) is 14.4. The Kier molecular flexibility index (Phi) is 48.8. The molecule has 0 bridgehead atoms. The Morgan fingerprint density at radius 3 is 1.30 bits per heavy atom. The van der Waals surface area contributed by atoms with E-state index in [1.54, 1.807) is 0 Å². The summed E-state index contributed by atoms with van der Waals surface area (Å²) >= 11 is 0. The van der Waals surface area contributed by atoms with E-state index in [4.69, 9.17) is 9.47 Å². The van der Waals surface area contributed by atoms with Crippen LogP contribution in [0.3, 0.4) is 0 Å². The van der Waals surface area contributed by atoms with Crippen LogP contribution in [0.5, 0.6) is 0 Å². The number of ether oxygens (including phenoxy) is 2. The molecule has 0 aromatic carbocycles. The number of hydrogen-bond acceptors (Lipinski definition) is 8. The summed E-state index contributed by atoms with van der Waals surface area (Å²) in [7, 11) is 0. The maximum Gasteiger partial charge on any atom is 0.220 e. The highest BCUT2D eigenvalue weighted by Gasteiger charge is 2.44. The van der Waals surface area contributed by atoms with Crippen molar-refractivity contribution in [3.8, 4) is 0 Å². The van der Waals surface area contributed by atoms with E-state index >= 15 is 0 Å². The molecule has 1 rings (SSSR count). The number of nitrogens with one attached hydrogen (secondary N) is 1. The van der Waals surface area contributed by atoms with Gasteiger partial charge in [0, 0.05) is 6.42 Å². The normalized spacial score (nSPS) is 19.6. The Hall–Kier alpha value is -1.85. The molecule has 9 heteroatoms. The zero-order valence-electron chi connectivity index (χ0n) is 46.2. The smallest absolute Gasteiger partial charge is 0.220 e. The summed E-state index contributed by atoms with van der Waals surface area (Å²) in [6.45, 7) is 3.75. The highest BCUT2D eigenvalue weighted by atomic mass is 16.7. The van der Waals surface area contributed by atoms with E-state index in [-0.39, 0.29) is 12.5 Å². The maximum atomic E-state index is 13.1. The van der Waals surface area contributed by atoms with Crippen molar-refractivity contribution in [1.82, 2.24) is 5.32 Å². The lowest BCUT2D eigenvalue weighted by atomic mass is 9.99. The molecule has 1 amide bonds. The molecule has 7 unspecified atom stereocenters. The summed E-state index contributed by atoms with van der Waals surface area (Å²) in [5.41, 5.74) is 0. The van der Waals surface area contributed by atoms with Gasteiger partial charge in [0.15, 0.2) is 6.29 Å². The van der Waals surface area contributed by atoms with Crippen molar-refractivity contribution in [2.24, 2.45) is 0 Å². The lowest BCUT2D eigenvalue weighted by molar-refractivity contribution is -0.302. The van der Waals surface area contributed by atoms with Crippen LogP contribution in [0.4, 0.5) is 0 Å². The Balaban J connectivity index is 2.13. The number of amides is 1. The predicted molar refractivity (Wildman–Crippen MR) is 299 cm³/mol. The number of allylic oxidation sites excluding steroid dienone is 8. The topological polar surface area (TPSA) is 149 Å². The van der Waals surface area contributed by atoms with Crippen LogP contribution < -0.4 is 5.32 Å². The van der Waals surface area contributed by atoms with Gasteiger partial charge in [-0.1, -0.05) is 274 Å². The third kappa shape index (κ3) is 41.1. The standard InChI is InChI=1S/C62H115NO8/c1-3-5-7-9-11-13-15-17-19-21-22-23-24-25-26-27-28-29-30-31-32-33-34-36-38-40-42-44-46-48-50-52-58(66)63-55(54-70-62-61(69)60(68)59(67)57(53-64)71-62)56(65)51-49-47-45-43-41-39-37-35-20-18-16-14-12-10-8-6-4-2/h5,7,11,13,17,19,22-23,55-57,59-62,64-65,67-69H,3-4,6,8-10,12,14-16,18,20-21,24-54H2,1-2H3,(H,63,66)/b7-5-,13-11-,19-17-,23-22-. The Morgan fingerprint density at radius 1 is 0.493 bits per heavy atom. The van der Waals surface area contributed by atoms with Crippen LogP contribution >= 0.6 is 0 Å². The second-order valence-corrected chi connectivity index (χ2v) is 21.1. The second-order valence-electron chi connectivity index (χ2n) is 21.1. The van der Waals surface area contributed by atoms with Crippen LogP contribution in [0.1, 0.15) is 284 Å². The average molecular weight is 1000 g/mol. The summed E-state index contributed by atoms with van der Waals surface area (Å²) in [5.74, 6) is -0.141. The van der Waals surface area contributed by atoms with Crippen LogP contribution in [0.25, 0.3) is 0 Å². The molecule has 1 fully saturated rings. The molecular weight excluding hydrogens is 887 g/mol. The van der Waals surface area contributed by atoms with Crippen molar-refractivity contribution in [2.45, 2.75) is 326 Å².